The second-order valence-electron chi connectivity index (χ2n) is 9.01. The molecule has 0 radical (unpaired) electrons. The van der Waals surface area contributed by atoms with Crippen molar-refractivity contribution in [2.45, 2.75) is 36.7 Å². The van der Waals surface area contributed by atoms with E-state index >= 15 is 0 Å². The van der Waals surface area contributed by atoms with Crippen molar-refractivity contribution < 1.29 is 27.9 Å². The number of amides is 1. The van der Waals surface area contributed by atoms with E-state index in [0.717, 1.165) is 19.4 Å². The Morgan fingerprint density at radius 2 is 1.81 bits per heavy atom. The highest BCUT2D eigenvalue weighted by molar-refractivity contribution is 7.91. The molecule has 3 rings (SSSR count). The first-order valence-electron chi connectivity index (χ1n) is 12.2. The third kappa shape index (κ3) is 8.70. The number of β-amino-alcohol motifs (C(OH)–C–C–N with tert-alkyl or cyclic N) is 1. The van der Waals surface area contributed by atoms with E-state index in [1.54, 1.807) is 0 Å². The van der Waals surface area contributed by atoms with Gasteiger partial charge in [-0.05, 0) is 55.1 Å². The summed E-state index contributed by atoms with van der Waals surface area (Å²) in [4.78, 5) is 25.4. The zero-order valence-electron chi connectivity index (χ0n) is 20.3. The fourth-order valence-electron chi connectivity index (χ4n) is 4.19. The summed E-state index contributed by atoms with van der Waals surface area (Å²) in [7, 11) is -3.54. The van der Waals surface area contributed by atoms with Gasteiger partial charge in [0.2, 0.25) is 5.91 Å². The van der Waals surface area contributed by atoms with Crippen molar-refractivity contribution in [1.82, 2.24) is 10.2 Å². The van der Waals surface area contributed by atoms with Gasteiger partial charge < -0.3 is 20.9 Å². The number of piperidine rings is 1. The molecule has 0 spiro atoms. The smallest absolute Gasteiger partial charge is 0.312 e. The summed E-state index contributed by atoms with van der Waals surface area (Å²) in [6.07, 6.45) is 1.31. The molecule has 1 amide bonds. The second-order valence-corrected chi connectivity index (χ2v) is 11.1. The van der Waals surface area contributed by atoms with Gasteiger partial charge in [-0.15, -0.1) is 0 Å². The van der Waals surface area contributed by atoms with Crippen molar-refractivity contribution in [2.75, 3.05) is 38.5 Å². The Balaban J connectivity index is 1.43. The van der Waals surface area contributed by atoms with E-state index in [9.17, 15) is 23.1 Å². The highest BCUT2D eigenvalue weighted by Crippen LogP contribution is 2.23. The number of esters is 1. The van der Waals surface area contributed by atoms with Gasteiger partial charge in [0.1, 0.15) is 5.75 Å². The Hall–Kier alpha value is -2.79. The SMILES string of the molecule is NCCC(=O)NCCC(=O)Oc1ccc(S(=O)(=O)CCN2CC[C@H](Cc3ccccc3)[C@H](O)C2)cc1. The molecule has 10 heteroatoms. The molecule has 2 atom stereocenters. The zero-order valence-corrected chi connectivity index (χ0v) is 21.2. The number of benzene rings is 2. The first kappa shape index (κ1) is 27.8. The molecule has 0 aromatic heterocycles. The number of rotatable bonds is 12. The van der Waals surface area contributed by atoms with Crippen LogP contribution in [0.1, 0.15) is 24.8 Å². The van der Waals surface area contributed by atoms with Crippen LogP contribution in [0.25, 0.3) is 0 Å². The van der Waals surface area contributed by atoms with Crippen LogP contribution in [0.3, 0.4) is 0 Å². The Labute approximate surface area is 212 Å². The molecular formula is C26H35N3O6S. The van der Waals surface area contributed by atoms with Crippen molar-refractivity contribution >= 4 is 21.7 Å². The summed E-state index contributed by atoms with van der Waals surface area (Å²) in [6, 6.07) is 15.8. The lowest BCUT2D eigenvalue weighted by Gasteiger charge is -2.36. The normalized spacial score (nSPS) is 18.5. The van der Waals surface area contributed by atoms with Crippen LogP contribution in [0.2, 0.25) is 0 Å². The molecule has 1 aliphatic heterocycles. The number of nitrogens with zero attached hydrogens (tertiary/aromatic N) is 1. The molecule has 0 bridgehead atoms. The summed E-state index contributed by atoms with van der Waals surface area (Å²) in [5.41, 5.74) is 6.48. The van der Waals surface area contributed by atoms with E-state index in [-0.39, 0.29) is 54.2 Å². The Bertz CT molecular complexity index is 1090. The molecule has 9 nitrogen and oxygen atoms in total. The number of hydrogen-bond donors (Lipinski definition) is 3. The predicted octanol–water partition coefficient (Wildman–Crippen LogP) is 1.15. The first-order valence-corrected chi connectivity index (χ1v) is 13.9. The Kier molecular flexibility index (Phi) is 10.4. The lowest BCUT2D eigenvalue weighted by molar-refractivity contribution is -0.134. The second kappa shape index (κ2) is 13.5. The maximum atomic E-state index is 12.8. The third-order valence-electron chi connectivity index (χ3n) is 6.26. The topological polar surface area (TPSA) is 139 Å². The summed E-state index contributed by atoms with van der Waals surface area (Å²) < 4.78 is 30.8. The monoisotopic (exact) mass is 517 g/mol. The van der Waals surface area contributed by atoms with E-state index in [4.69, 9.17) is 10.5 Å². The molecule has 2 aromatic carbocycles. The maximum Gasteiger partial charge on any atom is 0.312 e. The van der Waals surface area contributed by atoms with E-state index in [1.165, 1.54) is 29.8 Å². The largest absolute Gasteiger partial charge is 0.426 e. The van der Waals surface area contributed by atoms with E-state index in [1.807, 2.05) is 23.1 Å². The highest BCUT2D eigenvalue weighted by atomic mass is 32.2. The molecule has 36 heavy (non-hydrogen) atoms. The van der Waals surface area contributed by atoms with Gasteiger partial charge in [0.15, 0.2) is 9.84 Å². The predicted molar refractivity (Wildman–Crippen MR) is 136 cm³/mol. The van der Waals surface area contributed by atoms with Gasteiger partial charge in [0, 0.05) is 32.6 Å². The molecule has 0 unspecified atom stereocenters. The third-order valence-corrected chi connectivity index (χ3v) is 7.97. The van der Waals surface area contributed by atoms with E-state index in [2.05, 4.69) is 17.4 Å². The lowest BCUT2D eigenvalue weighted by atomic mass is 9.88. The zero-order chi connectivity index (χ0) is 26.0. The summed E-state index contributed by atoms with van der Waals surface area (Å²) in [5, 5.41) is 13.2. The number of aliphatic hydroxyl groups is 1. The van der Waals surface area contributed by atoms with Gasteiger partial charge in [0.25, 0.3) is 0 Å². The molecule has 2 aromatic rings. The van der Waals surface area contributed by atoms with E-state index < -0.39 is 21.9 Å². The van der Waals surface area contributed by atoms with Crippen LogP contribution in [0.15, 0.2) is 59.5 Å². The number of nitrogens with two attached hydrogens (primary N) is 1. The molecular weight excluding hydrogens is 482 g/mol. The number of carbonyl (C=O) groups excluding carboxylic acids is 2. The van der Waals surface area contributed by atoms with Crippen LogP contribution in [-0.2, 0) is 25.8 Å². The van der Waals surface area contributed by atoms with E-state index in [0.29, 0.717) is 13.1 Å². The maximum absolute atomic E-state index is 12.8. The number of sulfone groups is 1. The number of aliphatic hydroxyl groups excluding tert-OH is 1. The number of nitrogens with one attached hydrogen (secondary N) is 1. The summed E-state index contributed by atoms with van der Waals surface area (Å²) in [5.74, 6) is -0.433. The van der Waals surface area contributed by atoms with Gasteiger partial charge >= 0.3 is 5.97 Å². The first-order chi connectivity index (χ1) is 17.3. The van der Waals surface area contributed by atoms with Crippen LogP contribution >= 0.6 is 0 Å². The molecule has 1 saturated heterocycles. The van der Waals surface area contributed by atoms with Crippen molar-refractivity contribution in [2.24, 2.45) is 11.7 Å². The number of ether oxygens (including phenoxy) is 1. The standard InChI is InChI=1S/C26H35N3O6S/c27-13-10-25(31)28-14-11-26(32)35-22-6-8-23(9-7-22)36(33,34)17-16-29-15-12-21(24(30)19-29)18-20-4-2-1-3-5-20/h1-9,21,24,30H,10-19,27H2,(H,28,31)/t21-,24-/m1/s1. The fraction of sp³-hybridized carbons (Fsp3) is 0.462. The summed E-state index contributed by atoms with van der Waals surface area (Å²) >= 11 is 0. The minimum absolute atomic E-state index is 0.00967. The molecule has 0 aliphatic carbocycles. The molecule has 1 fully saturated rings. The minimum Gasteiger partial charge on any atom is -0.426 e. The average Bonchev–Trinajstić information content (AvgIpc) is 2.85. The van der Waals surface area contributed by atoms with Crippen LogP contribution in [0, 0.1) is 5.92 Å². The Morgan fingerprint density at radius 1 is 1.08 bits per heavy atom. The summed E-state index contributed by atoms with van der Waals surface area (Å²) in [6.45, 7) is 1.91. The molecule has 196 valence electrons. The average molecular weight is 518 g/mol. The number of hydrogen-bond acceptors (Lipinski definition) is 8. The van der Waals surface area contributed by atoms with Gasteiger partial charge in [-0.25, -0.2) is 8.42 Å². The van der Waals surface area contributed by atoms with Crippen LogP contribution < -0.4 is 15.8 Å². The van der Waals surface area contributed by atoms with Crippen LogP contribution in [-0.4, -0.2) is 74.9 Å². The van der Waals surface area contributed by atoms with Crippen molar-refractivity contribution in [3.05, 3.63) is 60.2 Å². The number of carbonyl (C=O) groups is 2. The molecule has 1 aliphatic rings. The lowest BCUT2D eigenvalue weighted by Crippen LogP contribution is -2.46. The van der Waals surface area contributed by atoms with Crippen molar-refractivity contribution in [1.29, 1.82) is 0 Å². The van der Waals surface area contributed by atoms with Gasteiger partial charge in [-0.3, -0.25) is 14.5 Å². The number of likely N-dealkylation sites (tertiary alicyclic amines) is 1. The Morgan fingerprint density at radius 3 is 2.47 bits per heavy atom. The molecule has 0 saturated carbocycles. The quantitative estimate of drug-likeness (QED) is 0.281. The fourth-order valence-corrected chi connectivity index (χ4v) is 5.48. The van der Waals surface area contributed by atoms with Crippen molar-refractivity contribution in [3.63, 3.8) is 0 Å². The molecule has 4 N–H and O–H groups in total. The van der Waals surface area contributed by atoms with Crippen molar-refractivity contribution in [3.8, 4) is 5.75 Å². The van der Waals surface area contributed by atoms with Crippen LogP contribution in [0.4, 0.5) is 0 Å². The van der Waals surface area contributed by atoms with Crippen LogP contribution in [0.5, 0.6) is 5.75 Å². The minimum atomic E-state index is -3.54. The van der Waals surface area contributed by atoms with Gasteiger partial charge in [-0.2, -0.15) is 0 Å². The molecule has 1 heterocycles. The van der Waals surface area contributed by atoms with Gasteiger partial charge in [-0.1, -0.05) is 30.3 Å². The van der Waals surface area contributed by atoms with Gasteiger partial charge in [0.05, 0.1) is 23.2 Å². The highest BCUT2D eigenvalue weighted by Gasteiger charge is 2.28.